The molecular weight excluding hydrogens is 370 g/mol. The van der Waals surface area contributed by atoms with E-state index in [1.165, 1.54) is 7.11 Å². The molecule has 0 fully saturated rings. The molecule has 0 atom stereocenters. The van der Waals surface area contributed by atoms with Crippen molar-refractivity contribution in [1.82, 2.24) is 9.88 Å². The zero-order chi connectivity index (χ0) is 20.6. The summed E-state index contributed by atoms with van der Waals surface area (Å²) in [6.07, 6.45) is 1.88. The predicted octanol–water partition coefficient (Wildman–Crippen LogP) is 2.34. The van der Waals surface area contributed by atoms with Gasteiger partial charge in [-0.15, -0.1) is 0 Å². The molecule has 1 aromatic heterocycles. The van der Waals surface area contributed by atoms with Gasteiger partial charge in [0.1, 0.15) is 5.69 Å². The highest BCUT2D eigenvalue weighted by molar-refractivity contribution is 5.92. The molecule has 0 aliphatic heterocycles. The molecule has 0 unspecified atom stereocenters. The highest BCUT2D eigenvalue weighted by Gasteiger charge is 2.12. The van der Waals surface area contributed by atoms with Crippen LogP contribution in [0, 0.1) is 0 Å². The Labute approximate surface area is 169 Å². The molecule has 0 saturated heterocycles. The van der Waals surface area contributed by atoms with Crippen LogP contribution in [-0.2, 0) is 17.9 Å². The fraction of sp³-hybridized carbons (Fsp3) is 0.182. The highest BCUT2D eigenvalue weighted by Crippen LogP contribution is 2.28. The molecule has 0 spiro atoms. The van der Waals surface area contributed by atoms with Crippen molar-refractivity contribution in [3.8, 4) is 11.5 Å². The number of nitrogens with zero attached hydrogens (tertiary/aromatic N) is 1. The maximum absolute atomic E-state index is 12.6. The lowest BCUT2D eigenvalue weighted by molar-refractivity contribution is -0.119. The highest BCUT2D eigenvalue weighted by atomic mass is 16.5. The summed E-state index contributed by atoms with van der Waals surface area (Å²) in [5.74, 6) is 0.143. The van der Waals surface area contributed by atoms with Crippen molar-refractivity contribution in [3.63, 3.8) is 0 Å². The van der Waals surface area contributed by atoms with Gasteiger partial charge in [-0.05, 0) is 35.4 Å². The first kappa shape index (κ1) is 20.0. The van der Waals surface area contributed by atoms with Gasteiger partial charge in [0, 0.05) is 19.3 Å². The Morgan fingerprint density at radius 3 is 2.52 bits per heavy atom. The Kier molecular flexibility index (Phi) is 6.52. The molecule has 7 nitrogen and oxygen atoms in total. The fourth-order valence-corrected chi connectivity index (χ4v) is 2.90. The molecule has 3 rings (SSSR count). The van der Waals surface area contributed by atoms with Crippen LogP contribution in [0.15, 0.2) is 66.9 Å². The molecule has 3 aromatic rings. The number of carbonyl (C=O) groups excluding carboxylic acids is 2. The summed E-state index contributed by atoms with van der Waals surface area (Å²) in [5.41, 5.74) is 7.64. The van der Waals surface area contributed by atoms with Gasteiger partial charge in [-0.2, -0.15) is 0 Å². The standard InChI is InChI=1S/C22H23N3O4/c1-28-20-12-17(9-10-19(20)29-15-21(23)26)13-24-22(27)18-8-5-11-25(18)14-16-6-3-2-4-7-16/h2-12H,13-15H2,1H3,(H2,23,26)(H,24,27). The van der Waals surface area contributed by atoms with E-state index in [2.05, 4.69) is 5.32 Å². The Bertz CT molecular complexity index is 983. The number of nitrogens with one attached hydrogen (secondary N) is 1. The van der Waals surface area contributed by atoms with Crippen LogP contribution in [-0.4, -0.2) is 30.1 Å². The molecule has 0 bridgehead atoms. The lowest BCUT2D eigenvalue weighted by atomic mass is 10.2. The number of methoxy groups -OCH3 is 1. The smallest absolute Gasteiger partial charge is 0.268 e. The van der Waals surface area contributed by atoms with Gasteiger partial charge in [0.15, 0.2) is 18.1 Å². The van der Waals surface area contributed by atoms with Gasteiger partial charge >= 0.3 is 0 Å². The predicted molar refractivity (Wildman–Crippen MR) is 109 cm³/mol. The van der Waals surface area contributed by atoms with Crippen LogP contribution in [0.25, 0.3) is 0 Å². The van der Waals surface area contributed by atoms with E-state index >= 15 is 0 Å². The minimum absolute atomic E-state index is 0.168. The number of amides is 2. The number of carbonyl (C=O) groups is 2. The van der Waals surface area contributed by atoms with Crippen molar-refractivity contribution in [2.45, 2.75) is 13.1 Å². The summed E-state index contributed by atoms with van der Waals surface area (Å²) in [7, 11) is 1.51. The zero-order valence-corrected chi connectivity index (χ0v) is 16.1. The average Bonchev–Trinajstić information content (AvgIpc) is 3.19. The molecule has 3 N–H and O–H groups in total. The lowest BCUT2D eigenvalue weighted by Crippen LogP contribution is -2.25. The van der Waals surface area contributed by atoms with Crippen LogP contribution in [0.4, 0.5) is 0 Å². The van der Waals surface area contributed by atoms with E-state index in [0.29, 0.717) is 30.3 Å². The first-order valence-corrected chi connectivity index (χ1v) is 9.12. The number of hydrogen-bond acceptors (Lipinski definition) is 4. The minimum Gasteiger partial charge on any atom is -0.493 e. The topological polar surface area (TPSA) is 95.6 Å². The largest absolute Gasteiger partial charge is 0.493 e. The second-order valence-electron chi connectivity index (χ2n) is 6.43. The summed E-state index contributed by atoms with van der Waals surface area (Å²) in [4.78, 5) is 23.5. The first-order chi connectivity index (χ1) is 14.1. The summed E-state index contributed by atoms with van der Waals surface area (Å²) in [6.45, 7) is 0.711. The van der Waals surface area contributed by atoms with Gasteiger partial charge in [0.2, 0.25) is 0 Å². The third-order valence-corrected chi connectivity index (χ3v) is 4.31. The number of hydrogen-bond donors (Lipinski definition) is 2. The normalized spacial score (nSPS) is 10.4. The third kappa shape index (κ3) is 5.38. The maximum Gasteiger partial charge on any atom is 0.268 e. The Hall–Kier alpha value is -3.74. The monoisotopic (exact) mass is 393 g/mol. The number of benzene rings is 2. The van der Waals surface area contributed by atoms with Crippen molar-refractivity contribution in [1.29, 1.82) is 0 Å². The molecular formula is C22H23N3O4. The lowest BCUT2D eigenvalue weighted by Gasteiger charge is -2.13. The quantitative estimate of drug-likeness (QED) is 0.583. The number of ether oxygens (including phenoxy) is 2. The van der Waals surface area contributed by atoms with Crippen molar-refractivity contribution >= 4 is 11.8 Å². The number of nitrogens with two attached hydrogens (primary N) is 1. The summed E-state index contributed by atoms with van der Waals surface area (Å²) >= 11 is 0. The van der Waals surface area contributed by atoms with Crippen LogP contribution >= 0.6 is 0 Å². The van der Waals surface area contributed by atoms with Gasteiger partial charge in [-0.3, -0.25) is 9.59 Å². The fourth-order valence-electron chi connectivity index (χ4n) is 2.90. The van der Waals surface area contributed by atoms with Crippen LogP contribution in [0.2, 0.25) is 0 Å². The van der Waals surface area contributed by atoms with Crippen molar-refractivity contribution < 1.29 is 19.1 Å². The molecule has 2 amide bonds. The van der Waals surface area contributed by atoms with E-state index in [1.807, 2.05) is 47.2 Å². The number of primary amides is 1. The van der Waals surface area contributed by atoms with E-state index in [-0.39, 0.29) is 12.5 Å². The number of aromatic nitrogens is 1. The van der Waals surface area contributed by atoms with E-state index in [9.17, 15) is 9.59 Å². The van der Waals surface area contributed by atoms with Crippen LogP contribution in [0.5, 0.6) is 11.5 Å². The third-order valence-electron chi connectivity index (χ3n) is 4.31. The van der Waals surface area contributed by atoms with E-state index in [4.69, 9.17) is 15.2 Å². The van der Waals surface area contributed by atoms with Gasteiger partial charge in [0.05, 0.1) is 7.11 Å². The summed E-state index contributed by atoms with van der Waals surface area (Å²) in [6, 6.07) is 18.8. The minimum atomic E-state index is -0.568. The van der Waals surface area contributed by atoms with Crippen LogP contribution < -0.4 is 20.5 Å². The molecule has 0 radical (unpaired) electrons. The summed E-state index contributed by atoms with van der Waals surface area (Å²) in [5, 5.41) is 2.92. The molecule has 7 heteroatoms. The second kappa shape index (κ2) is 9.45. The van der Waals surface area contributed by atoms with E-state index in [0.717, 1.165) is 11.1 Å². The van der Waals surface area contributed by atoms with Crippen molar-refractivity contribution in [2.24, 2.45) is 5.73 Å². The Morgan fingerprint density at radius 1 is 1.00 bits per heavy atom. The molecule has 29 heavy (non-hydrogen) atoms. The second-order valence-corrected chi connectivity index (χ2v) is 6.43. The van der Waals surface area contributed by atoms with Gasteiger partial charge in [0.25, 0.3) is 11.8 Å². The molecule has 0 saturated carbocycles. The molecule has 2 aromatic carbocycles. The molecule has 0 aliphatic rings. The van der Waals surface area contributed by atoms with Crippen LogP contribution in [0.3, 0.4) is 0 Å². The van der Waals surface area contributed by atoms with Gasteiger partial charge < -0.3 is 25.1 Å². The van der Waals surface area contributed by atoms with E-state index < -0.39 is 5.91 Å². The first-order valence-electron chi connectivity index (χ1n) is 9.12. The average molecular weight is 393 g/mol. The molecule has 150 valence electrons. The van der Waals surface area contributed by atoms with E-state index in [1.54, 1.807) is 24.3 Å². The Morgan fingerprint density at radius 2 is 1.79 bits per heavy atom. The number of rotatable bonds is 9. The molecule has 1 heterocycles. The summed E-state index contributed by atoms with van der Waals surface area (Å²) < 4.78 is 12.5. The Balaban J connectivity index is 1.64. The maximum atomic E-state index is 12.6. The van der Waals surface area contributed by atoms with Gasteiger partial charge in [-0.1, -0.05) is 36.4 Å². The van der Waals surface area contributed by atoms with Crippen molar-refractivity contribution in [2.75, 3.05) is 13.7 Å². The zero-order valence-electron chi connectivity index (χ0n) is 16.1. The van der Waals surface area contributed by atoms with Crippen LogP contribution in [0.1, 0.15) is 21.6 Å². The van der Waals surface area contributed by atoms with Gasteiger partial charge in [-0.25, -0.2) is 0 Å². The SMILES string of the molecule is COc1cc(CNC(=O)c2cccn2Cc2ccccc2)ccc1OCC(N)=O. The molecule has 0 aliphatic carbocycles. The van der Waals surface area contributed by atoms with Crippen molar-refractivity contribution in [3.05, 3.63) is 83.7 Å².